The number of rotatable bonds is 5. The summed E-state index contributed by atoms with van der Waals surface area (Å²) in [5, 5.41) is 0. The third-order valence-corrected chi connectivity index (χ3v) is 3.98. The summed E-state index contributed by atoms with van der Waals surface area (Å²) in [5.41, 5.74) is 10.2. The van der Waals surface area contributed by atoms with Gasteiger partial charge in [0, 0.05) is 38.8 Å². The number of nitrogens with zero attached hydrogens (tertiary/aromatic N) is 2. The summed E-state index contributed by atoms with van der Waals surface area (Å²) in [7, 11) is 0. The van der Waals surface area contributed by atoms with Gasteiger partial charge in [0.1, 0.15) is 0 Å². The maximum absolute atomic E-state index is 11.1. The van der Waals surface area contributed by atoms with E-state index in [1.807, 2.05) is 0 Å². The van der Waals surface area contributed by atoms with Crippen molar-refractivity contribution in [3.63, 3.8) is 0 Å². The Balaban J connectivity index is 1.69. The van der Waals surface area contributed by atoms with Crippen LogP contribution in [0.4, 0.5) is 0 Å². The number of carbonyl (C=O) groups excluding carboxylic acids is 1. The summed E-state index contributed by atoms with van der Waals surface area (Å²) >= 11 is 0. The number of nitrogens with two attached hydrogens (primary N) is 2. The van der Waals surface area contributed by atoms with Gasteiger partial charge in [0.2, 0.25) is 5.91 Å². The maximum Gasteiger partial charge on any atom is 0.237 e. The lowest BCUT2D eigenvalue weighted by molar-refractivity contribution is -0.122. The average molecular weight is 240 g/mol. The Morgan fingerprint density at radius 2 is 1.88 bits per heavy atom. The molecular weight excluding hydrogens is 216 g/mol. The molecule has 0 radical (unpaired) electrons. The SMILES string of the molecule is CC(N)(CCN1CCN(C2CC2)CC1)C(N)=O. The summed E-state index contributed by atoms with van der Waals surface area (Å²) in [6.45, 7) is 7.08. The van der Waals surface area contributed by atoms with E-state index in [4.69, 9.17) is 11.5 Å². The van der Waals surface area contributed by atoms with Gasteiger partial charge >= 0.3 is 0 Å². The minimum absolute atomic E-state index is 0.408. The number of piperazine rings is 1. The molecule has 98 valence electrons. The molecular formula is C12H24N4O. The quantitative estimate of drug-likeness (QED) is 0.670. The Morgan fingerprint density at radius 1 is 1.29 bits per heavy atom. The molecule has 17 heavy (non-hydrogen) atoms. The van der Waals surface area contributed by atoms with Crippen LogP contribution in [-0.4, -0.2) is 60.0 Å². The summed E-state index contributed by atoms with van der Waals surface area (Å²) in [4.78, 5) is 16.1. The molecule has 1 atom stereocenters. The summed E-state index contributed by atoms with van der Waals surface area (Å²) < 4.78 is 0. The van der Waals surface area contributed by atoms with Crippen LogP contribution in [0.1, 0.15) is 26.2 Å². The molecule has 2 aliphatic rings. The van der Waals surface area contributed by atoms with E-state index in [-0.39, 0.29) is 0 Å². The molecule has 4 N–H and O–H groups in total. The van der Waals surface area contributed by atoms with Gasteiger partial charge in [-0.1, -0.05) is 0 Å². The zero-order valence-corrected chi connectivity index (χ0v) is 10.7. The largest absolute Gasteiger partial charge is 0.368 e. The fourth-order valence-corrected chi connectivity index (χ4v) is 2.31. The monoisotopic (exact) mass is 240 g/mol. The van der Waals surface area contributed by atoms with Gasteiger partial charge in [0.05, 0.1) is 5.54 Å². The fraction of sp³-hybridized carbons (Fsp3) is 0.917. The molecule has 5 heteroatoms. The molecule has 0 aromatic carbocycles. The summed E-state index contributed by atoms with van der Waals surface area (Å²) in [6.07, 6.45) is 3.40. The molecule has 1 saturated carbocycles. The minimum atomic E-state index is -0.867. The molecule has 2 fully saturated rings. The second-order valence-electron chi connectivity index (χ2n) is 5.64. The standard InChI is InChI=1S/C12H24N4O/c1-12(14,11(13)17)4-5-15-6-8-16(9-7-15)10-2-3-10/h10H,2-9,14H2,1H3,(H2,13,17). The van der Waals surface area contributed by atoms with Crippen molar-refractivity contribution in [1.29, 1.82) is 0 Å². The molecule has 1 heterocycles. The van der Waals surface area contributed by atoms with E-state index in [1.54, 1.807) is 6.92 Å². The van der Waals surface area contributed by atoms with Gasteiger partial charge in [-0.2, -0.15) is 0 Å². The van der Waals surface area contributed by atoms with E-state index < -0.39 is 11.4 Å². The van der Waals surface area contributed by atoms with Crippen LogP contribution in [0.25, 0.3) is 0 Å². The predicted octanol–water partition coefficient (Wildman–Crippen LogP) is -0.641. The van der Waals surface area contributed by atoms with Crippen LogP contribution in [0.3, 0.4) is 0 Å². The Kier molecular flexibility index (Phi) is 3.70. The average Bonchev–Trinajstić information content (AvgIpc) is 3.11. The van der Waals surface area contributed by atoms with Crippen molar-refractivity contribution in [2.45, 2.75) is 37.8 Å². The Labute approximate surface area is 103 Å². The van der Waals surface area contributed by atoms with Gasteiger partial charge in [-0.15, -0.1) is 0 Å². The van der Waals surface area contributed by atoms with Crippen molar-refractivity contribution < 1.29 is 4.79 Å². The van der Waals surface area contributed by atoms with Crippen molar-refractivity contribution >= 4 is 5.91 Å². The predicted molar refractivity (Wildman–Crippen MR) is 67.4 cm³/mol. The lowest BCUT2D eigenvalue weighted by Gasteiger charge is -2.36. The zero-order valence-electron chi connectivity index (χ0n) is 10.7. The highest BCUT2D eigenvalue weighted by Gasteiger charge is 2.32. The van der Waals surface area contributed by atoms with E-state index >= 15 is 0 Å². The van der Waals surface area contributed by atoms with Crippen LogP contribution >= 0.6 is 0 Å². The number of hydrogen-bond donors (Lipinski definition) is 2. The number of carbonyl (C=O) groups is 1. The zero-order chi connectivity index (χ0) is 12.5. The third kappa shape index (κ3) is 3.40. The van der Waals surface area contributed by atoms with Crippen LogP contribution in [0.2, 0.25) is 0 Å². The summed E-state index contributed by atoms with van der Waals surface area (Å²) in [6, 6.07) is 0.863. The molecule has 0 bridgehead atoms. The first-order valence-corrected chi connectivity index (χ1v) is 6.54. The van der Waals surface area contributed by atoms with Crippen LogP contribution in [0.5, 0.6) is 0 Å². The Morgan fingerprint density at radius 3 is 2.35 bits per heavy atom. The van der Waals surface area contributed by atoms with Crippen LogP contribution in [0, 0.1) is 0 Å². The van der Waals surface area contributed by atoms with Gasteiger partial charge in [-0.3, -0.25) is 9.69 Å². The highest BCUT2D eigenvalue weighted by atomic mass is 16.1. The fourth-order valence-electron chi connectivity index (χ4n) is 2.31. The molecule has 1 saturated heterocycles. The molecule has 1 amide bonds. The van der Waals surface area contributed by atoms with Crippen molar-refractivity contribution in [1.82, 2.24) is 9.80 Å². The molecule has 1 unspecified atom stereocenters. The highest BCUT2D eigenvalue weighted by molar-refractivity contribution is 5.83. The summed E-state index contributed by atoms with van der Waals surface area (Å²) in [5.74, 6) is -0.408. The number of primary amides is 1. The number of hydrogen-bond acceptors (Lipinski definition) is 4. The molecule has 1 aliphatic heterocycles. The van der Waals surface area contributed by atoms with E-state index in [0.29, 0.717) is 6.42 Å². The van der Waals surface area contributed by atoms with Crippen LogP contribution in [-0.2, 0) is 4.79 Å². The molecule has 5 nitrogen and oxygen atoms in total. The first-order valence-electron chi connectivity index (χ1n) is 6.54. The normalized spacial score (nSPS) is 26.7. The number of amides is 1. The molecule has 1 aliphatic carbocycles. The Hall–Kier alpha value is -0.650. The Bertz CT molecular complexity index is 280. The van der Waals surface area contributed by atoms with E-state index in [1.165, 1.54) is 12.8 Å². The van der Waals surface area contributed by atoms with E-state index in [0.717, 1.165) is 38.8 Å². The second kappa shape index (κ2) is 4.92. The smallest absolute Gasteiger partial charge is 0.237 e. The lowest BCUT2D eigenvalue weighted by Crippen LogP contribution is -2.53. The highest BCUT2D eigenvalue weighted by Crippen LogP contribution is 2.27. The topological polar surface area (TPSA) is 75.6 Å². The minimum Gasteiger partial charge on any atom is -0.368 e. The molecule has 2 rings (SSSR count). The first kappa shape index (κ1) is 12.8. The molecule has 0 aromatic rings. The lowest BCUT2D eigenvalue weighted by atomic mass is 9.98. The maximum atomic E-state index is 11.1. The van der Waals surface area contributed by atoms with Crippen molar-refractivity contribution in [2.75, 3.05) is 32.7 Å². The van der Waals surface area contributed by atoms with Gasteiger partial charge in [0.15, 0.2) is 0 Å². The van der Waals surface area contributed by atoms with E-state index in [2.05, 4.69) is 9.80 Å². The van der Waals surface area contributed by atoms with E-state index in [9.17, 15) is 4.79 Å². The molecule has 0 spiro atoms. The van der Waals surface area contributed by atoms with Crippen molar-refractivity contribution in [3.05, 3.63) is 0 Å². The molecule has 0 aromatic heterocycles. The van der Waals surface area contributed by atoms with Gasteiger partial charge in [0.25, 0.3) is 0 Å². The van der Waals surface area contributed by atoms with Crippen LogP contribution < -0.4 is 11.5 Å². The van der Waals surface area contributed by atoms with Crippen molar-refractivity contribution in [3.8, 4) is 0 Å². The van der Waals surface area contributed by atoms with Crippen molar-refractivity contribution in [2.24, 2.45) is 11.5 Å². The van der Waals surface area contributed by atoms with Gasteiger partial charge < -0.3 is 16.4 Å². The van der Waals surface area contributed by atoms with Crippen LogP contribution in [0.15, 0.2) is 0 Å². The van der Waals surface area contributed by atoms with Gasteiger partial charge in [-0.05, 0) is 26.2 Å². The first-order chi connectivity index (χ1) is 7.99. The second-order valence-corrected chi connectivity index (χ2v) is 5.64. The third-order valence-electron chi connectivity index (χ3n) is 3.98. The van der Waals surface area contributed by atoms with Gasteiger partial charge in [-0.25, -0.2) is 0 Å².